The van der Waals surface area contributed by atoms with Crippen LogP contribution in [-0.2, 0) is 0 Å². The second-order valence-electron chi connectivity index (χ2n) is 10.3. The number of fused-ring (bicyclic) bond motifs is 5. The number of hydrogen-bond acceptors (Lipinski definition) is 3. The van der Waals surface area contributed by atoms with Crippen LogP contribution in [0.5, 0.6) is 0 Å². The number of aliphatic hydroxyl groups is 2. The highest BCUT2D eigenvalue weighted by Crippen LogP contribution is 2.67. The molecule has 2 N–H and O–H groups in total. The largest absolute Gasteiger partial charge is 0.393 e. The molecular weight excluding hydrogens is 346 g/mol. The third-order valence-corrected chi connectivity index (χ3v) is 8.97. The van der Waals surface area contributed by atoms with Crippen molar-refractivity contribution in [3.8, 4) is 0 Å². The van der Waals surface area contributed by atoms with Crippen molar-refractivity contribution < 1.29 is 10.2 Å². The second-order valence-corrected chi connectivity index (χ2v) is 10.3. The Morgan fingerprint density at radius 1 is 1.04 bits per heavy atom. The van der Waals surface area contributed by atoms with E-state index in [1.807, 2.05) is 18.5 Å². The number of aromatic nitrogens is 1. The molecule has 0 aromatic carbocycles. The van der Waals surface area contributed by atoms with Gasteiger partial charge in [0.25, 0.3) is 0 Å². The molecule has 150 valence electrons. The van der Waals surface area contributed by atoms with Crippen LogP contribution in [0.3, 0.4) is 0 Å². The molecule has 4 aliphatic rings. The Kier molecular flexibility index (Phi) is 4.16. The van der Waals surface area contributed by atoms with Crippen LogP contribution < -0.4 is 0 Å². The smallest absolute Gasteiger partial charge is 0.0757 e. The molecule has 7 atom stereocenters. The van der Waals surface area contributed by atoms with E-state index < -0.39 is 0 Å². The highest BCUT2D eigenvalue weighted by molar-refractivity contribution is 5.75. The van der Waals surface area contributed by atoms with Gasteiger partial charge in [0.1, 0.15) is 0 Å². The minimum Gasteiger partial charge on any atom is -0.393 e. The maximum atomic E-state index is 11.3. The summed E-state index contributed by atoms with van der Waals surface area (Å²) in [4.78, 5) is 4.38. The fourth-order valence-electron chi connectivity index (χ4n) is 7.65. The minimum atomic E-state index is -0.385. The van der Waals surface area contributed by atoms with E-state index in [4.69, 9.17) is 0 Å². The van der Waals surface area contributed by atoms with Gasteiger partial charge in [-0.2, -0.15) is 0 Å². The van der Waals surface area contributed by atoms with Gasteiger partial charge < -0.3 is 10.2 Å². The van der Waals surface area contributed by atoms with Crippen molar-refractivity contribution in [2.45, 2.75) is 71.5 Å². The van der Waals surface area contributed by atoms with Crippen molar-refractivity contribution in [2.24, 2.45) is 28.6 Å². The van der Waals surface area contributed by atoms with Crippen LogP contribution >= 0.6 is 0 Å². The number of hydrogen-bond donors (Lipinski definition) is 2. The molecule has 1 aromatic rings. The van der Waals surface area contributed by atoms with Gasteiger partial charge >= 0.3 is 0 Å². The first-order valence-electron chi connectivity index (χ1n) is 11.0. The maximum Gasteiger partial charge on any atom is 0.0757 e. The standard InChI is InChI=1S/C25H33NO2/c1-15-11-20-22-19(24(2)8-6-18(27)12-17(24)13-21(22)28)7-9-25(20,3)23(15)16-5-4-10-26-14-16/h4-5,10,13-14,18-22,27-28H,6-9,11-12H2,1-3H3/t18?,19-,20+,21?,22-,24+,25+/m1/s1. The van der Waals surface area contributed by atoms with Gasteiger partial charge in [0, 0.05) is 12.4 Å². The van der Waals surface area contributed by atoms with Gasteiger partial charge in [-0.25, -0.2) is 0 Å². The molecule has 3 nitrogen and oxygen atoms in total. The average molecular weight is 380 g/mol. The van der Waals surface area contributed by atoms with Crippen LogP contribution in [0.4, 0.5) is 0 Å². The minimum absolute atomic E-state index is 0.116. The molecule has 0 spiro atoms. The van der Waals surface area contributed by atoms with E-state index in [9.17, 15) is 10.2 Å². The van der Waals surface area contributed by atoms with Gasteiger partial charge in [-0.15, -0.1) is 0 Å². The van der Waals surface area contributed by atoms with Crippen LogP contribution in [0.15, 0.2) is 41.7 Å². The van der Waals surface area contributed by atoms with Crippen molar-refractivity contribution >= 4 is 5.57 Å². The van der Waals surface area contributed by atoms with Gasteiger partial charge in [-0.1, -0.05) is 37.1 Å². The summed E-state index contributed by atoms with van der Waals surface area (Å²) in [5.74, 6) is 1.32. The summed E-state index contributed by atoms with van der Waals surface area (Å²) >= 11 is 0. The summed E-state index contributed by atoms with van der Waals surface area (Å²) in [6.45, 7) is 7.13. The fourth-order valence-corrected chi connectivity index (χ4v) is 7.65. The van der Waals surface area contributed by atoms with Crippen molar-refractivity contribution in [1.82, 2.24) is 4.98 Å². The van der Waals surface area contributed by atoms with Crippen molar-refractivity contribution in [3.05, 3.63) is 47.3 Å². The number of rotatable bonds is 1. The summed E-state index contributed by atoms with van der Waals surface area (Å²) in [5, 5.41) is 21.5. The molecule has 0 bridgehead atoms. The van der Waals surface area contributed by atoms with Gasteiger partial charge in [0.05, 0.1) is 12.2 Å². The Balaban J connectivity index is 1.55. The lowest BCUT2D eigenvalue weighted by Gasteiger charge is -2.58. The zero-order valence-corrected chi connectivity index (χ0v) is 17.4. The molecule has 0 radical (unpaired) electrons. The Morgan fingerprint density at radius 2 is 1.82 bits per heavy atom. The van der Waals surface area contributed by atoms with Gasteiger partial charge in [-0.3, -0.25) is 4.98 Å². The van der Waals surface area contributed by atoms with E-state index in [0.717, 1.165) is 32.1 Å². The lowest BCUT2D eigenvalue weighted by atomic mass is 9.46. The van der Waals surface area contributed by atoms with E-state index in [1.54, 1.807) is 0 Å². The zero-order chi connectivity index (χ0) is 19.7. The predicted octanol–water partition coefficient (Wildman–Crippen LogP) is 4.76. The Hall–Kier alpha value is -1.45. The molecule has 0 aliphatic heterocycles. The van der Waals surface area contributed by atoms with Gasteiger partial charge in [-0.05, 0) is 91.2 Å². The SMILES string of the molecule is CC1=C(c2cccnc2)[C@@]2(C)CC[C@@H]3[C@@H](C(O)C=C4CC(O)CC[C@@]43C)[C@@H]2C1. The van der Waals surface area contributed by atoms with Crippen molar-refractivity contribution in [2.75, 3.05) is 0 Å². The van der Waals surface area contributed by atoms with Crippen LogP contribution in [0.2, 0.25) is 0 Å². The monoisotopic (exact) mass is 379 g/mol. The van der Waals surface area contributed by atoms with Gasteiger partial charge in [0.2, 0.25) is 0 Å². The molecule has 2 saturated carbocycles. The molecular formula is C25H33NO2. The molecule has 4 aliphatic carbocycles. The molecule has 5 rings (SSSR count). The van der Waals surface area contributed by atoms with E-state index in [-0.39, 0.29) is 23.0 Å². The number of nitrogens with zero attached hydrogens (tertiary/aromatic N) is 1. The van der Waals surface area contributed by atoms with Crippen molar-refractivity contribution in [1.29, 1.82) is 0 Å². The predicted molar refractivity (Wildman–Crippen MR) is 111 cm³/mol. The Morgan fingerprint density at radius 3 is 2.57 bits per heavy atom. The quantitative estimate of drug-likeness (QED) is 0.692. The molecule has 1 heterocycles. The van der Waals surface area contributed by atoms with E-state index in [0.29, 0.717) is 17.8 Å². The lowest BCUT2D eigenvalue weighted by Crippen LogP contribution is -2.54. The highest BCUT2D eigenvalue weighted by atomic mass is 16.3. The van der Waals surface area contributed by atoms with E-state index in [2.05, 4.69) is 37.9 Å². The lowest BCUT2D eigenvalue weighted by molar-refractivity contribution is -0.0733. The highest BCUT2D eigenvalue weighted by Gasteiger charge is 2.59. The summed E-state index contributed by atoms with van der Waals surface area (Å²) in [5.41, 5.74) is 5.80. The number of pyridine rings is 1. The first-order chi connectivity index (χ1) is 13.3. The number of allylic oxidation sites excluding steroid dienone is 2. The summed E-state index contributed by atoms with van der Waals surface area (Å²) < 4.78 is 0. The van der Waals surface area contributed by atoms with Crippen LogP contribution in [0.1, 0.15) is 64.9 Å². The van der Waals surface area contributed by atoms with Crippen molar-refractivity contribution in [3.63, 3.8) is 0 Å². The van der Waals surface area contributed by atoms with Crippen LogP contribution in [0, 0.1) is 28.6 Å². The topological polar surface area (TPSA) is 53.4 Å². The summed E-state index contributed by atoms with van der Waals surface area (Å²) in [6.07, 6.45) is 11.5. The first kappa shape index (κ1) is 18.6. The molecule has 3 heteroatoms. The summed E-state index contributed by atoms with van der Waals surface area (Å²) in [7, 11) is 0. The Labute approximate surface area is 168 Å². The fraction of sp³-hybridized carbons (Fsp3) is 0.640. The van der Waals surface area contributed by atoms with Gasteiger partial charge in [0.15, 0.2) is 0 Å². The zero-order valence-electron chi connectivity index (χ0n) is 17.4. The molecule has 1 aromatic heterocycles. The van der Waals surface area contributed by atoms with Crippen LogP contribution in [0.25, 0.3) is 5.57 Å². The molecule has 28 heavy (non-hydrogen) atoms. The third-order valence-electron chi connectivity index (χ3n) is 8.97. The molecule has 2 unspecified atom stereocenters. The normalized spacial score (nSPS) is 45.2. The number of aliphatic hydroxyl groups excluding tert-OH is 2. The second kappa shape index (κ2) is 6.27. The van der Waals surface area contributed by atoms with E-state index >= 15 is 0 Å². The first-order valence-corrected chi connectivity index (χ1v) is 11.0. The van der Waals surface area contributed by atoms with Crippen LogP contribution in [-0.4, -0.2) is 27.4 Å². The van der Waals surface area contributed by atoms with E-state index in [1.165, 1.54) is 28.7 Å². The molecule has 2 fully saturated rings. The maximum absolute atomic E-state index is 11.3. The molecule has 0 saturated heterocycles. The summed E-state index contributed by atoms with van der Waals surface area (Å²) in [6, 6.07) is 4.24. The Bertz CT molecular complexity index is 843. The third kappa shape index (κ3) is 2.45. The average Bonchev–Trinajstić information content (AvgIpc) is 2.94. The molecule has 0 amide bonds.